The molecule has 0 saturated carbocycles. The molecule has 0 aliphatic carbocycles. The van der Waals surface area contributed by atoms with Crippen molar-refractivity contribution in [1.82, 2.24) is 0 Å². The first-order valence-electron chi connectivity index (χ1n) is 9.05. The monoisotopic (exact) mass is 401 g/mol. The maximum absolute atomic E-state index is 12.1. The smallest absolute Gasteiger partial charge is 0.336 e. The van der Waals surface area contributed by atoms with E-state index in [1.807, 2.05) is 30.3 Å². The first-order chi connectivity index (χ1) is 14.5. The molecule has 3 rings (SSSR count). The van der Waals surface area contributed by atoms with Gasteiger partial charge in [0.15, 0.2) is 11.5 Å². The van der Waals surface area contributed by atoms with Gasteiger partial charge in [-0.1, -0.05) is 30.3 Å². The van der Waals surface area contributed by atoms with E-state index in [-0.39, 0.29) is 5.56 Å². The van der Waals surface area contributed by atoms with Crippen LogP contribution in [-0.4, -0.2) is 30.4 Å². The molecule has 6 heteroatoms. The Kier molecular flexibility index (Phi) is 6.74. The zero-order valence-corrected chi connectivity index (χ0v) is 16.2. The molecule has 0 heterocycles. The van der Waals surface area contributed by atoms with Crippen LogP contribution in [0.15, 0.2) is 83.9 Å². The Morgan fingerprint density at radius 3 is 2.30 bits per heavy atom. The normalized spacial score (nSPS) is 11.0. The lowest BCUT2D eigenvalue weighted by Gasteiger charge is -2.08. The number of hydrogen-bond donors (Lipinski definition) is 1. The quantitative estimate of drug-likeness (QED) is 0.267. The molecule has 0 spiro atoms. The topological polar surface area (TPSA) is 85.2 Å². The van der Waals surface area contributed by atoms with Gasteiger partial charge in [-0.2, -0.15) is 0 Å². The number of carboxylic acid groups (broad SMARTS) is 1. The molecular weight excluding hydrogens is 382 g/mol. The number of ether oxygens (including phenoxy) is 2. The predicted molar refractivity (Wildman–Crippen MR) is 115 cm³/mol. The lowest BCUT2D eigenvalue weighted by atomic mass is 10.2. The fourth-order valence-corrected chi connectivity index (χ4v) is 2.56. The minimum atomic E-state index is -0.987. The lowest BCUT2D eigenvalue weighted by molar-refractivity contribution is -0.129. The Hall–Kier alpha value is -4.19. The second-order valence-corrected chi connectivity index (χ2v) is 6.19. The molecule has 0 saturated heterocycles. The first kappa shape index (κ1) is 20.5. The van der Waals surface area contributed by atoms with Crippen LogP contribution in [0, 0.1) is 0 Å². The van der Waals surface area contributed by atoms with Crippen LogP contribution in [0.3, 0.4) is 0 Å². The van der Waals surface area contributed by atoms with Gasteiger partial charge in [0.25, 0.3) is 0 Å². The number of carbonyl (C=O) groups is 2. The van der Waals surface area contributed by atoms with E-state index in [2.05, 4.69) is 4.99 Å². The number of benzene rings is 3. The summed E-state index contributed by atoms with van der Waals surface area (Å²) in [4.78, 5) is 27.3. The summed E-state index contributed by atoms with van der Waals surface area (Å²) < 4.78 is 10.7. The molecule has 3 aromatic rings. The summed E-state index contributed by atoms with van der Waals surface area (Å²) in [5, 5.41) is 8.93. The number of carboxylic acids is 1. The summed E-state index contributed by atoms with van der Waals surface area (Å²) in [6, 6.07) is 20.7. The van der Waals surface area contributed by atoms with Gasteiger partial charge in [-0.05, 0) is 59.7 Å². The minimum Gasteiger partial charge on any atom is -0.493 e. The van der Waals surface area contributed by atoms with Crippen molar-refractivity contribution >= 4 is 29.9 Å². The molecule has 0 amide bonds. The van der Waals surface area contributed by atoms with Crippen LogP contribution >= 0.6 is 0 Å². The molecule has 30 heavy (non-hydrogen) atoms. The zero-order chi connectivity index (χ0) is 21.3. The summed E-state index contributed by atoms with van der Waals surface area (Å²) in [5.74, 6) is -0.819. The average Bonchev–Trinajstić information content (AvgIpc) is 2.78. The average molecular weight is 401 g/mol. The molecule has 0 radical (unpaired) electrons. The van der Waals surface area contributed by atoms with E-state index in [1.54, 1.807) is 42.6 Å². The van der Waals surface area contributed by atoms with Crippen molar-refractivity contribution in [2.24, 2.45) is 4.99 Å². The molecule has 0 atom stereocenters. The SMILES string of the molecule is COc1cc(/C=N/c2ccc(C(=O)O)cc2)ccc1OC(=O)/C=C/c1ccccc1. The van der Waals surface area contributed by atoms with Crippen molar-refractivity contribution in [2.45, 2.75) is 0 Å². The lowest BCUT2D eigenvalue weighted by Crippen LogP contribution is -2.05. The second-order valence-electron chi connectivity index (χ2n) is 6.19. The summed E-state index contributed by atoms with van der Waals surface area (Å²) in [6.07, 6.45) is 4.63. The molecule has 3 aromatic carbocycles. The Bertz CT molecular complexity index is 1090. The summed E-state index contributed by atoms with van der Waals surface area (Å²) in [6.45, 7) is 0. The van der Waals surface area contributed by atoms with Crippen molar-refractivity contribution in [3.8, 4) is 11.5 Å². The molecule has 0 fully saturated rings. The molecular formula is C24H19NO5. The molecule has 1 N–H and O–H groups in total. The van der Waals surface area contributed by atoms with Gasteiger partial charge in [0.1, 0.15) is 0 Å². The summed E-state index contributed by atoms with van der Waals surface area (Å²) in [7, 11) is 1.48. The third-order valence-corrected chi connectivity index (χ3v) is 4.09. The van der Waals surface area contributed by atoms with Crippen molar-refractivity contribution in [3.05, 3.63) is 95.6 Å². The van der Waals surface area contributed by atoms with Crippen LogP contribution in [0.1, 0.15) is 21.5 Å². The molecule has 0 unspecified atom stereocenters. The predicted octanol–water partition coefficient (Wildman–Crippen LogP) is 4.76. The van der Waals surface area contributed by atoms with E-state index in [4.69, 9.17) is 14.6 Å². The molecule has 6 nitrogen and oxygen atoms in total. The number of methoxy groups -OCH3 is 1. The van der Waals surface area contributed by atoms with Gasteiger partial charge in [0.05, 0.1) is 18.4 Å². The highest BCUT2D eigenvalue weighted by Crippen LogP contribution is 2.28. The Morgan fingerprint density at radius 2 is 1.63 bits per heavy atom. The fraction of sp³-hybridized carbons (Fsp3) is 0.0417. The van der Waals surface area contributed by atoms with E-state index in [9.17, 15) is 9.59 Å². The van der Waals surface area contributed by atoms with Crippen LogP contribution in [0.5, 0.6) is 11.5 Å². The molecule has 150 valence electrons. The highest BCUT2D eigenvalue weighted by atomic mass is 16.6. The van der Waals surface area contributed by atoms with Gasteiger partial charge in [0.2, 0.25) is 0 Å². The molecule has 0 aromatic heterocycles. The summed E-state index contributed by atoms with van der Waals surface area (Å²) >= 11 is 0. The van der Waals surface area contributed by atoms with E-state index in [1.165, 1.54) is 25.3 Å². The largest absolute Gasteiger partial charge is 0.493 e. The minimum absolute atomic E-state index is 0.197. The Balaban J connectivity index is 1.69. The number of aliphatic imine (C=N–C) groups is 1. The zero-order valence-electron chi connectivity index (χ0n) is 16.2. The van der Waals surface area contributed by atoms with Crippen molar-refractivity contribution < 1.29 is 24.2 Å². The number of nitrogens with zero attached hydrogens (tertiary/aromatic N) is 1. The molecule has 0 aliphatic heterocycles. The van der Waals surface area contributed by atoms with Gasteiger partial charge in [-0.15, -0.1) is 0 Å². The highest BCUT2D eigenvalue weighted by Gasteiger charge is 2.09. The molecule has 0 aliphatic rings. The summed E-state index contributed by atoms with van der Waals surface area (Å²) in [5.41, 5.74) is 2.43. The standard InChI is InChI=1S/C24H19NO5/c1-29-22-15-18(16-25-20-11-9-19(10-12-20)24(27)28)7-13-21(22)30-23(26)14-8-17-5-3-2-4-6-17/h2-16H,1H3,(H,27,28)/b14-8+,25-16+. The molecule has 0 bridgehead atoms. The second kappa shape index (κ2) is 9.84. The third kappa shape index (κ3) is 5.65. The van der Waals surface area contributed by atoms with Gasteiger partial charge < -0.3 is 14.6 Å². The number of carbonyl (C=O) groups excluding carboxylic acids is 1. The van der Waals surface area contributed by atoms with Crippen LogP contribution in [-0.2, 0) is 4.79 Å². The first-order valence-corrected chi connectivity index (χ1v) is 9.05. The van der Waals surface area contributed by atoms with Crippen LogP contribution in [0.4, 0.5) is 5.69 Å². The van der Waals surface area contributed by atoms with E-state index >= 15 is 0 Å². The number of esters is 1. The number of hydrogen-bond acceptors (Lipinski definition) is 5. The van der Waals surface area contributed by atoms with E-state index < -0.39 is 11.9 Å². The van der Waals surface area contributed by atoms with Crippen molar-refractivity contribution in [1.29, 1.82) is 0 Å². The highest BCUT2D eigenvalue weighted by molar-refractivity contribution is 5.90. The van der Waals surface area contributed by atoms with Gasteiger partial charge >= 0.3 is 11.9 Å². The van der Waals surface area contributed by atoms with Crippen molar-refractivity contribution in [3.63, 3.8) is 0 Å². The number of rotatable bonds is 7. The number of aromatic carboxylic acids is 1. The van der Waals surface area contributed by atoms with Crippen LogP contribution in [0.2, 0.25) is 0 Å². The fourth-order valence-electron chi connectivity index (χ4n) is 2.56. The van der Waals surface area contributed by atoms with Gasteiger partial charge in [-0.3, -0.25) is 4.99 Å². The van der Waals surface area contributed by atoms with Gasteiger partial charge in [0, 0.05) is 12.3 Å². The Labute approximate surface area is 173 Å². The van der Waals surface area contributed by atoms with Gasteiger partial charge in [-0.25, -0.2) is 9.59 Å². The van der Waals surface area contributed by atoms with E-state index in [0.717, 1.165) is 11.1 Å². The maximum atomic E-state index is 12.1. The van der Waals surface area contributed by atoms with Crippen LogP contribution in [0.25, 0.3) is 6.08 Å². The van der Waals surface area contributed by atoms with E-state index in [0.29, 0.717) is 17.2 Å². The van der Waals surface area contributed by atoms with Crippen LogP contribution < -0.4 is 9.47 Å². The van der Waals surface area contributed by atoms with Crippen molar-refractivity contribution in [2.75, 3.05) is 7.11 Å². The Morgan fingerprint density at radius 1 is 0.900 bits per heavy atom. The third-order valence-electron chi connectivity index (χ3n) is 4.09. The maximum Gasteiger partial charge on any atom is 0.336 e.